The number of rotatable bonds is 1. The molecule has 1 saturated heterocycles. The smallest absolute Gasteiger partial charge is 0.257 e. The third-order valence-electron chi connectivity index (χ3n) is 3.26. The molecule has 1 aromatic heterocycles. The number of hydrogen-bond acceptors (Lipinski definition) is 3. The number of carbonyl (C=O) groups is 1. The third-order valence-corrected chi connectivity index (χ3v) is 3.55. The van der Waals surface area contributed by atoms with Gasteiger partial charge in [-0.2, -0.15) is 0 Å². The van der Waals surface area contributed by atoms with Gasteiger partial charge in [0.2, 0.25) is 0 Å². The van der Waals surface area contributed by atoms with Crippen LogP contribution in [0.25, 0.3) is 10.9 Å². The molecule has 1 aromatic carbocycles. The minimum Gasteiger partial charge on any atom is -0.378 e. The summed E-state index contributed by atoms with van der Waals surface area (Å²) in [6, 6.07) is 5.87. The van der Waals surface area contributed by atoms with Gasteiger partial charge in [0.05, 0.1) is 24.3 Å². The molecule has 1 aliphatic heterocycles. The number of carbonyl (C=O) groups excluding carboxylic acids is 1. The van der Waals surface area contributed by atoms with Crippen LogP contribution >= 0.6 is 11.6 Å². The van der Waals surface area contributed by atoms with Gasteiger partial charge in [0.15, 0.2) is 0 Å². The molecule has 0 radical (unpaired) electrons. The van der Waals surface area contributed by atoms with Gasteiger partial charge in [0.1, 0.15) is 11.0 Å². The molecule has 0 aliphatic carbocycles. The van der Waals surface area contributed by atoms with Crippen LogP contribution < -0.4 is 0 Å². The van der Waals surface area contributed by atoms with Crippen molar-refractivity contribution in [2.24, 2.45) is 0 Å². The predicted molar refractivity (Wildman–Crippen MR) is 73.4 cm³/mol. The zero-order valence-electron chi connectivity index (χ0n) is 10.6. The van der Waals surface area contributed by atoms with Gasteiger partial charge in [-0.3, -0.25) is 4.79 Å². The number of benzene rings is 1. The van der Waals surface area contributed by atoms with Crippen molar-refractivity contribution in [2.75, 3.05) is 26.3 Å². The first-order valence-corrected chi connectivity index (χ1v) is 6.66. The first kappa shape index (κ1) is 13.3. The number of hydrogen-bond donors (Lipinski definition) is 0. The van der Waals surface area contributed by atoms with Gasteiger partial charge in [-0.25, -0.2) is 9.37 Å². The van der Waals surface area contributed by atoms with Crippen molar-refractivity contribution < 1.29 is 13.9 Å². The quantitative estimate of drug-likeness (QED) is 0.759. The summed E-state index contributed by atoms with van der Waals surface area (Å²) in [4.78, 5) is 18.2. The molecular formula is C14H12ClFN2O2. The van der Waals surface area contributed by atoms with Crippen molar-refractivity contribution in [1.82, 2.24) is 9.88 Å². The van der Waals surface area contributed by atoms with Gasteiger partial charge in [-0.1, -0.05) is 11.6 Å². The standard InChI is InChI=1S/C14H12ClFN2O2/c15-13-11(14(19)18-3-5-20-6-4-18)7-9-1-2-10(16)8-12(9)17-13/h1-2,7-8H,3-6H2. The highest BCUT2D eigenvalue weighted by atomic mass is 35.5. The average molecular weight is 295 g/mol. The lowest BCUT2D eigenvalue weighted by Crippen LogP contribution is -2.40. The molecule has 6 heteroatoms. The predicted octanol–water partition coefficient (Wildman–Crippen LogP) is 2.50. The normalized spacial score (nSPS) is 15.6. The van der Waals surface area contributed by atoms with Crippen molar-refractivity contribution in [2.45, 2.75) is 0 Å². The number of ether oxygens (including phenoxy) is 1. The van der Waals surface area contributed by atoms with Crippen molar-refractivity contribution in [3.63, 3.8) is 0 Å². The first-order valence-electron chi connectivity index (χ1n) is 6.28. The van der Waals surface area contributed by atoms with Crippen molar-refractivity contribution >= 4 is 28.4 Å². The van der Waals surface area contributed by atoms with Crippen molar-refractivity contribution in [3.8, 4) is 0 Å². The summed E-state index contributed by atoms with van der Waals surface area (Å²) in [6.45, 7) is 2.12. The van der Waals surface area contributed by atoms with Gasteiger partial charge in [0, 0.05) is 24.5 Å². The lowest BCUT2D eigenvalue weighted by Gasteiger charge is -2.27. The topological polar surface area (TPSA) is 42.4 Å². The summed E-state index contributed by atoms with van der Waals surface area (Å²) in [6.07, 6.45) is 0. The van der Waals surface area contributed by atoms with E-state index < -0.39 is 0 Å². The van der Waals surface area contributed by atoms with E-state index in [0.29, 0.717) is 42.8 Å². The molecule has 0 spiro atoms. The van der Waals surface area contributed by atoms with E-state index in [1.54, 1.807) is 17.0 Å². The summed E-state index contributed by atoms with van der Waals surface area (Å²) >= 11 is 6.06. The van der Waals surface area contributed by atoms with E-state index in [1.165, 1.54) is 12.1 Å². The Morgan fingerprint density at radius 2 is 2.05 bits per heavy atom. The highest BCUT2D eigenvalue weighted by molar-refractivity contribution is 6.33. The van der Waals surface area contributed by atoms with E-state index in [0.717, 1.165) is 0 Å². The lowest BCUT2D eigenvalue weighted by atomic mass is 10.1. The molecule has 0 saturated carbocycles. The maximum atomic E-state index is 13.1. The largest absolute Gasteiger partial charge is 0.378 e. The Morgan fingerprint density at radius 1 is 1.30 bits per heavy atom. The Morgan fingerprint density at radius 3 is 2.80 bits per heavy atom. The van der Waals surface area contributed by atoms with Gasteiger partial charge >= 0.3 is 0 Å². The van der Waals surface area contributed by atoms with Crippen LogP contribution in [-0.2, 0) is 4.74 Å². The second-order valence-corrected chi connectivity index (χ2v) is 4.93. The summed E-state index contributed by atoms with van der Waals surface area (Å²) in [5.41, 5.74) is 0.779. The van der Waals surface area contributed by atoms with Crippen LogP contribution in [0.4, 0.5) is 4.39 Å². The minimum atomic E-state index is -0.381. The van der Waals surface area contributed by atoms with Crippen LogP contribution in [0.1, 0.15) is 10.4 Å². The average Bonchev–Trinajstić information content (AvgIpc) is 2.46. The summed E-state index contributed by atoms with van der Waals surface area (Å²) in [5.74, 6) is -0.551. The second kappa shape index (κ2) is 5.34. The van der Waals surface area contributed by atoms with Crippen molar-refractivity contribution in [3.05, 3.63) is 40.8 Å². The van der Waals surface area contributed by atoms with Crippen LogP contribution in [0.15, 0.2) is 24.3 Å². The van der Waals surface area contributed by atoms with E-state index in [1.807, 2.05) is 0 Å². The van der Waals surface area contributed by atoms with E-state index in [9.17, 15) is 9.18 Å². The Bertz CT molecular complexity index is 672. The highest BCUT2D eigenvalue weighted by Gasteiger charge is 2.21. The Kier molecular flexibility index (Phi) is 3.54. The van der Waals surface area contributed by atoms with Gasteiger partial charge < -0.3 is 9.64 Å². The molecule has 0 atom stereocenters. The van der Waals surface area contributed by atoms with E-state index in [2.05, 4.69) is 4.98 Å². The monoisotopic (exact) mass is 294 g/mol. The third kappa shape index (κ3) is 2.46. The van der Waals surface area contributed by atoms with E-state index >= 15 is 0 Å². The van der Waals surface area contributed by atoms with Crippen molar-refractivity contribution in [1.29, 1.82) is 0 Å². The molecule has 2 heterocycles. The fourth-order valence-corrected chi connectivity index (χ4v) is 2.43. The molecule has 0 N–H and O–H groups in total. The number of aromatic nitrogens is 1. The second-order valence-electron chi connectivity index (χ2n) is 4.57. The zero-order valence-corrected chi connectivity index (χ0v) is 11.4. The summed E-state index contributed by atoms with van der Waals surface area (Å²) in [7, 11) is 0. The molecule has 2 aromatic rings. The Labute approximate surface area is 120 Å². The Balaban J connectivity index is 2.00. The maximum Gasteiger partial charge on any atom is 0.257 e. The van der Waals surface area contributed by atoms with Crippen LogP contribution in [0.2, 0.25) is 5.15 Å². The van der Waals surface area contributed by atoms with E-state index in [-0.39, 0.29) is 16.9 Å². The molecular weight excluding hydrogens is 283 g/mol. The first-order chi connectivity index (χ1) is 9.65. The number of amides is 1. The molecule has 0 unspecified atom stereocenters. The minimum absolute atomic E-state index is 0.0968. The fraction of sp³-hybridized carbons (Fsp3) is 0.286. The lowest BCUT2D eigenvalue weighted by molar-refractivity contribution is 0.0303. The SMILES string of the molecule is O=C(c1cc2ccc(F)cc2nc1Cl)N1CCOCC1. The molecule has 1 amide bonds. The molecule has 1 fully saturated rings. The number of nitrogens with zero attached hydrogens (tertiary/aromatic N) is 2. The van der Waals surface area contributed by atoms with Gasteiger partial charge in [-0.15, -0.1) is 0 Å². The molecule has 1 aliphatic rings. The van der Waals surface area contributed by atoms with Crippen LogP contribution in [0, 0.1) is 5.82 Å². The molecule has 0 bridgehead atoms. The Hall–Kier alpha value is -1.72. The number of fused-ring (bicyclic) bond motifs is 1. The number of halogens is 2. The summed E-state index contributed by atoms with van der Waals surface area (Å²) < 4.78 is 18.4. The van der Waals surface area contributed by atoms with Crippen LogP contribution in [0.3, 0.4) is 0 Å². The molecule has 4 nitrogen and oxygen atoms in total. The van der Waals surface area contributed by atoms with Crippen LogP contribution in [-0.4, -0.2) is 42.1 Å². The number of morpholine rings is 1. The van der Waals surface area contributed by atoms with Crippen LogP contribution in [0.5, 0.6) is 0 Å². The molecule has 104 valence electrons. The fourth-order valence-electron chi connectivity index (χ4n) is 2.20. The maximum absolute atomic E-state index is 13.1. The zero-order chi connectivity index (χ0) is 14.1. The molecule has 20 heavy (non-hydrogen) atoms. The summed E-state index contributed by atoms with van der Waals surface area (Å²) in [5, 5.41) is 0.784. The number of pyridine rings is 1. The van der Waals surface area contributed by atoms with Gasteiger partial charge in [-0.05, 0) is 18.2 Å². The highest BCUT2D eigenvalue weighted by Crippen LogP contribution is 2.23. The molecule has 3 rings (SSSR count). The van der Waals surface area contributed by atoms with Gasteiger partial charge in [0.25, 0.3) is 5.91 Å². The van der Waals surface area contributed by atoms with E-state index in [4.69, 9.17) is 16.3 Å².